The third-order valence-electron chi connectivity index (χ3n) is 3.21. The van der Waals surface area contributed by atoms with E-state index in [2.05, 4.69) is 15.5 Å². The Morgan fingerprint density at radius 2 is 2.04 bits per heavy atom. The number of hydrogen-bond donors (Lipinski definition) is 0. The molecule has 0 bridgehead atoms. The fourth-order valence-electron chi connectivity index (χ4n) is 2.10. The Morgan fingerprint density at radius 3 is 2.83 bits per heavy atom. The van der Waals surface area contributed by atoms with Crippen molar-refractivity contribution in [3.8, 4) is 17.2 Å². The van der Waals surface area contributed by atoms with Crippen molar-refractivity contribution in [2.24, 2.45) is 0 Å². The predicted octanol–water partition coefficient (Wildman–Crippen LogP) is 2.67. The summed E-state index contributed by atoms with van der Waals surface area (Å²) in [6, 6.07) is 14.0. The summed E-state index contributed by atoms with van der Waals surface area (Å²) in [6.07, 6.45) is 2.33. The van der Waals surface area contributed by atoms with Gasteiger partial charge in [0.15, 0.2) is 0 Å². The van der Waals surface area contributed by atoms with Crippen LogP contribution < -0.4 is 9.47 Å². The molecule has 1 heterocycles. The Bertz CT molecular complexity index is 818. The number of benzene rings is 2. The maximum Gasteiger partial charge on any atom is 0.347 e. The van der Waals surface area contributed by atoms with Crippen molar-refractivity contribution in [3.05, 3.63) is 60.4 Å². The molecular formula is C17H16N4O3. The fraction of sp³-hybridized carbons (Fsp3) is 0.176. The first-order valence-corrected chi connectivity index (χ1v) is 7.55. The highest BCUT2D eigenvalue weighted by Gasteiger charge is 2.15. The zero-order chi connectivity index (χ0) is 16.8. The lowest BCUT2D eigenvalue weighted by molar-refractivity contribution is 0.0730. The van der Waals surface area contributed by atoms with Crippen molar-refractivity contribution in [2.75, 3.05) is 6.61 Å². The summed E-state index contributed by atoms with van der Waals surface area (Å²) in [5, 5.41) is 11.0. The molecule has 0 unspecified atom stereocenters. The second kappa shape index (κ2) is 7.36. The summed E-state index contributed by atoms with van der Waals surface area (Å²) in [7, 11) is 0. The van der Waals surface area contributed by atoms with Crippen LogP contribution in [0.1, 0.15) is 23.7 Å². The third kappa shape index (κ3) is 3.57. The first-order chi connectivity index (χ1) is 11.8. The average molecular weight is 324 g/mol. The molecule has 0 amide bonds. The predicted molar refractivity (Wildman–Crippen MR) is 86.3 cm³/mol. The van der Waals surface area contributed by atoms with Gasteiger partial charge in [-0.05, 0) is 41.1 Å². The van der Waals surface area contributed by atoms with E-state index < -0.39 is 5.97 Å². The van der Waals surface area contributed by atoms with Crippen molar-refractivity contribution >= 4 is 5.97 Å². The Labute approximate surface area is 138 Å². The molecule has 24 heavy (non-hydrogen) atoms. The van der Waals surface area contributed by atoms with E-state index in [9.17, 15) is 4.79 Å². The third-order valence-corrected chi connectivity index (χ3v) is 3.21. The molecule has 7 nitrogen and oxygen atoms in total. The van der Waals surface area contributed by atoms with Crippen LogP contribution in [0.3, 0.4) is 0 Å². The van der Waals surface area contributed by atoms with Crippen LogP contribution in [0, 0.1) is 0 Å². The van der Waals surface area contributed by atoms with Crippen LogP contribution in [0.15, 0.2) is 54.9 Å². The van der Waals surface area contributed by atoms with E-state index in [0.29, 0.717) is 29.4 Å². The molecule has 0 N–H and O–H groups in total. The number of nitrogens with zero attached hydrogens (tertiary/aromatic N) is 4. The van der Waals surface area contributed by atoms with Gasteiger partial charge < -0.3 is 9.47 Å². The van der Waals surface area contributed by atoms with Crippen molar-refractivity contribution in [2.45, 2.75) is 13.3 Å². The summed E-state index contributed by atoms with van der Waals surface area (Å²) >= 11 is 0. The van der Waals surface area contributed by atoms with Gasteiger partial charge in [0, 0.05) is 6.07 Å². The van der Waals surface area contributed by atoms with E-state index in [1.54, 1.807) is 36.4 Å². The molecule has 0 saturated carbocycles. The van der Waals surface area contributed by atoms with Crippen LogP contribution in [-0.2, 0) is 0 Å². The van der Waals surface area contributed by atoms with Crippen molar-refractivity contribution in [1.29, 1.82) is 0 Å². The zero-order valence-electron chi connectivity index (χ0n) is 13.1. The van der Waals surface area contributed by atoms with E-state index in [1.165, 1.54) is 11.0 Å². The normalized spacial score (nSPS) is 10.4. The molecule has 0 aliphatic heterocycles. The molecule has 2 aromatic carbocycles. The van der Waals surface area contributed by atoms with Crippen molar-refractivity contribution < 1.29 is 14.3 Å². The quantitative estimate of drug-likeness (QED) is 0.512. The van der Waals surface area contributed by atoms with Crippen LogP contribution in [0.2, 0.25) is 0 Å². The number of carbonyl (C=O) groups is 1. The van der Waals surface area contributed by atoms with Gasteiger partial charge in [-0.25, -0.2) is 9.48 Å². The molecule has 1 aromatic heterocycles. The highest BCUT2D eigenvalue weighted by Crippen LogP contribution is 2.22. The second-order valence-corrected chi connectivity index (χ2v) is 4.99. The van der Waals surface area contributed by atoms with Gasteiger partial charge in [0.2, 0.25) is 0 Å². The number of carbonyl (C=O) groups excluding carboxylic acids is 1. The molecule has 0 aliphatic carbocycles. The van der Waals surface area contributed by atoms with Crippen molar-refractivity contribution in [3.63, 3.8) is 0 Å². The lowest BCUT2D eigenvalue weighted by Gasteiger charge is -2.10. The van der Waals surface area contributed by atoms with Gasteiger partial charge in [0.05, 0.1) is 12.3 Å². The highest BCUT2D eigenvalue weighted by atomic mass is 16.5. The lowest BCUT2D eigenvalue weighted by Crippen LogP contribution is -2.11. The summed E-state index contributed by atoms with van der Waals surface area (Å²) in [4.78, 5) is 12.4. The van der Waals surface area contributed by atoms with Gasteiger partial charge in [-0.1, -0.05) is 25.1 Å². The van der Waals surface area contributed by atoms with Crippen LogP contribution in [0.5, 0.6) is 11.5 Å². The summed E-state index contributed by atoms with van der Waals surface area (Å²) < 4.78 is 12.5. The first-order valence-electron chi connectivity index (χ1n) is 7.55. The molecule has 7 heteroatoms. The summed E-state index contributed by atoms with van der Waals surface area (Å²) in [5.74, 6) is 0.440. The number of tetrazole rings is 1. The van der Waals surface area contributed by atoms with Crippen LogP contribution >= 0.6 is 0 Å². The van der Waals surface area contributed by atoms with Crippen LogP contribution in [-0.4, -0.2) is 32.8 Å². The summed E-state index contributed by atoms with van der Waals surface area (Å²) in [6.45, 7) is 2.55. The largest absolute Gasteiger partial charge is 0.493 e. The standard InChI is InChI=1S/C17H16N4O3/c1-2-10-23-16-9-4-3-8-15(16)17(22)24-14-7-5-6-13(11-14)21-12-18-19-20-21/h3-9,11-12H,2,10H2,1H3. The molecule has 0 saturated heterocycles. The Morgan fingerprint density at radius 1 is 1.17 bits per heavy atom. The smallest absolute Gasteiger partial charge is 0.347 e. The number of rotatable bonds is 6. The molecule has 0 atom stereocenters. The number of esters is 1. The van der Waals surface area contributed by atoms with Gasteiger partial charge >= 0.3 is 5.97 Å². The fourth-order valence-corrected chi connectivity index (χ4v) is 2.10. The van der Waals surface area contributed by atoms with E-state index in [1.807, 2.05) is 19.1 Å². The van der Waals surface area contributed by atoms with E-state index >= 15 is 0 Å². The molecule has 0 radical (unpaired) electrons. The molecule has 0 spiro atoms. The Kier molecular flexibility index (Phi) is 4.81. The van der Waals surface area contributed by atoms with Gasteiger partial charge in [0.1, 0.15) is 23.4 Å². The maximum absolute atomic E-state index is 12.4. The monoisotopic (exact) mass is 324 g/mol. The Hall–Kier alpha value is -3.22. The lowest BCUT2D eigenvalue weighted by atomic mass is 10.2. The average Bonchev–Trinajstić information content (AvgIpc) is 3.15. The zero-order valence-corrected chi connectivity index (χ0v) is 13.1. The van der Waals surface area contributed by atoms with Crippen molar-refractivity contribution in [1.82, 2.24) is 20.2 Å². The molecule has 3 aromatic rings. The SMILES string of the molecule is CCCOc1ccccc1C(=O)Oc1cccc(-n2cnnn2)c1. The van der Waals surface area contributed by atoms with E-state index in [4.69, 9.17) is 9.47 Å². The maximum atomic E-state index is 12.4. The van der Waals surface area contributed by atoms with Gasteiger partial charge in [-0.3, -0.25) is 0 Å². The molecular weight excluding hydrogens is 308 g/mol. The number of aromatic nitrogens is 4. The molecule has 0 aliphatic rings. The molecule has 3 rings (SSSR count). The van der Waals surface area contributed by atoms with E-state index in [-0.39, 0.29) is 0 Å². The highest BCUT2D eigenvalue weighted by molar-refractivity contribution is 5.94. The Balaban J connectivity index is 1.79. The number of para-hydroxylation sites is 1. The van der Waals surface area contributed by atoms with Gasteiger partial charge in [-0.2, -0.15) is 0 Å². The minimum Gasteiger partial charge on any atom is -0.493 e. The summed E-state index contributed by atoms with van der Waals surface area (Å²) in [5.41, 5.74) is 1.08. The topological polar surface area (TPSA) is 79.1 Å². The van der Waals surface area contributed by atoms with E-state index in [0.717, 1.165) is 6.42 Å². The second-order valence-electron chi connectivity index (χ2n) is 4.99. The minimum absolute atomic E-state index is 0.388. The van der Waals surface area contributed by atoms with Crippen LogP contribution in [0.4, 0.5) is 0 Å². The number of ether oxygens (including phenoxy) is 2. The number of hydrogen-bond acceptors (Lipinski definition) is 6. The van der Waals surface area contributed by atoms with Gasteiger partial charge in [0.25, 0.3) is 0 Å². The molecule has 122 valence electrons. The molecule has 0 fully saturated rings. The van der Waals surface area contributed by atoms with Crippen LogP contribution in [0.25, 0.3) is 5.69 Å². The minimum atomic E-state index is -0.476. The van der Waals surface area contributed by atoms with Gasteiger partial charge in [-0.15, -0.1) is 5.10 Å². The first kappa shape index (κ1) is 15.7.